The number of thiazole rings is 1. The molecule has 110 valence electrons. The molecule has 0 bridgehead atoms. The molecule has 0 amide bonds. The van der Waals surface area contributed by atoms with Gasteiger partial charge in [-0.3, -0.25) is 4.98 Å². The van der Waals surface area contributed by atoms with Gasteiger partial charge in [0.05, 0.1) is 12.2 Å². The van der Waals surface area contributed by atoms with Crippen LogP contribution in [0.5, 0.6) is 0 Å². The number of aryl methyl sites for hydroxylation is 1. The number of aromatic nitrogens is 3. The first kappa shape index (κ1) is 13.0. The lowest BCUT2D eigenvalue weighted by Crippen LogP contribution is -2.48. The SMILES string of the molecule is Cc1cnc(N2CCC3CCN(c4cnccn4)CC32)s1. The molecule has 0 aromatic carbocycles. The number of hydrogen-bond donors (Lipinski definition) is 0. The summed E-state index contributed by atoms with van der Waals surface area (Å²) in [6.45, 7) is 5.38. The molecule has 21 heavy (non-hydrogen) atoms. The summed E-state index contributed by atoms with van der Waals surface area (Å²) in [6.07, 6.45) is 9.89. The van der Waals surface area contributed by atoms with E-state index < -0.39 is 0 Å². The van der Waals surface area contributed by atoms with Crippen LogP contribution in [0.4, 0.5) is 10.9 Å². The van der Waals surface area contributed by atoms with E-state index >= 15 is 0 Å². The zero-order valence-corrected chi connectivity index (χ0v) is 13.0. The third-order valence-corrected chi connectivity index (χ3v) is 5.54. The number of rotatable bonds is 2. The first-order chi connectivity index (χ1) is 10.3. The Morgan fingerprint density at radius 2 is 2.05 bits per heavy atom. The summed E-state index contributed by atoms with van der Waals surface area (Å²) in [6, 6.07) is 0.561. The van der Waals surface area contributed by atoms with Gasteiger partial charge >= 0.3 is 0 Å². The molecule has 2 saturated heterocycles. The van der Waals surface area contributed by atoms with E-state index in [0.717, 1.165) is 31.4 Å². The lowest BCUT2D eigenvalue weighted by atomic mass is 9.92. The first-order valence-corrected chi connectivity index (χ1v) is 8.33. The van der Waals surface area contributed by atoms with Crippen molar-refractivity contribution >= 4 is 22.3 Å². The predicted molar refractivity (Wildman–Crippen MR) is 85.0 cm³/mol. The minimum atomic E-state index is 0.561. The fourth-order valence-electron chi connectivity index (χ4n) is 3.52. The van der Waals surface area contributed by atoms with Crippen molar-refractivity contribution in [2.75, 3.05) is 29.4 Å². The Morgan fingerprint density at radius 3 is 2.81 bits per heavy atom. The molecule has 4 rings (SSSR count). The van der Waals surface area contributed by atoms with Crippen molar-refractivity contribution in [2.24, 2.45) is 5.92 Å². The van der Waals surface area contributed by atoms with Crippen molar-refractivity contribution in [3.63, 3.8) is 0 Å². The maximum atomic E-state index is 4.58. The molecule has 6 heteroatoms. The summed E-state index contributed by atoms with van der Waals surface area (Å²) in [5.41, 5.74) is 0. The normalized spacial score (nSPS) is 25.2. The number of fused-ring (bicyclic) bond motifs is 1. The third kappa shape index (κ3) is 2.37. The fraction of sp³-hybridized carbons (Fsp3) is 0.533. The second-order valence-electron chi connectivity index (χ2n) is 5.86. The number of anilines is 2. The molecule has 0 N–H and O–H groups in total. The largest absolute Gasteiger partial charge is 0.353 e. The molecule has 0 saturated carbocycles. The molecule has 2 aliphatic heterocycles. The van der Waals surface area contributed by atoms with Gasteiger partial charge in [0.15, 0.2) is 5.13 Å². The summed E-state index contributed by atoms with van der Waals surface area (Å²) < 4.78 is 0. The molecule has 0 radical (unpaired) electrons. The highest BCUT2D eigenvalue weighted by Gasteiger charge is 2.39. The van der Waals surface area contributed by atoms with Crippen LogP contribution in [0.25, 0.3) is 0 Å². The standard InChI is InChI=1S/C15H19N5S/c1-11-8-18-15(21-11)20-7-3-12-2-6-19(10-13(12)20)14-9-16-4-5-17-14/h4-5,8-9,12-13H,2-3,6-7,10H2,1H3. The van der Waals surface area contributed by atoms with Crippen molar-refractivity contribution in [3.8, 4) is 0 Å². The van der Waals surface area contributed by atoms with Gasteiger partial charge in [-0.1, -0.05) is 0 Å². The monoisotopic (exact) mass is 301 g/mol. The summed E-state index contributed by atoms with van der Waals surface area (Å²) in [7, 11) is 0. The van der Waals surface area contributed by atoms with E-state index in [9.17, 15) is 0 Å². The molecule has 5 nitrogen and oxygen atoms in total. The van der Waals surface area contributed by atoms with E-state index in [2.05, 4.69) is 31.7 Å². The van der Waals surface area contributed by atoms with Crippen LogP contribution in [0.3, 0.4) is 0 Å². The Labute approximate surface area is 128 Å². The number of nitrogens with zero attached hydrogens (tertiary/aromatic N) is 5. The van der Waals surface area contributed by atoms with Crippen LogP contribution in [-0.4, -0.2) is 40.6 Å². The van der Waals surface area contributed by atoms with E-state index in [1.807, 2.05) is 12.4 Å². The number of piperidine rings is 1. The van der Waals surface area contributed by atoms with E-state index in [4.69, 9.17) is 0 Å². The topological polar surface area (TPSA) is 45.2 Å². The third-order valence-electron chi connectivity index (χ3n) is 4.59. The Bertz CT molecular complexity index is 614. The molecule has 2 aliphatic rings. The van der Waals surface area contributed by atoms with Gasteiger partial charge in [-0.2, -0.15) is 0 Å². The Balaban J connectivity index is 1.56. The summed E-state index contributed by atoms with van der Waals surface area (Å²) in [4.78, 5) is 19.4. The average Bonchev–Trinajstić information content (AvgIpc) is 3.13. The maximum Gasteiger partial charge on any atom is 0.185 e. The van der Waals surface area contributed by atoms with Gasteiger partial charge in [0, 0.05) is 43.1 Å². The van der Waals surface area contributed by atoms with E-state index in [1.54, 1.807) is 23.7 Å². The minimum absolute atomic E-state index is 0.561. The van der Waals surface area contributed by atoms with Crippen molar-refractivity contribution in [3.05, 3.63) is 29.7 Å². The zero-order chi connectivity index (χ0) is 14.2. The average molecular weight is 301 g/mol. The molecule has 2 aromatic rings. The Morgan fingerprint density at radius 1 is 1.14 bits per heavy atom. The molecule has 2 aromatic heterocycles. The van der Waals surface area contributed by atoms with Crippen molar-refractivity contribution in [1.82, 2.24) is 15.0 Å². The molecule has 2 atom stereocenters. The first-order valence-electron chi connectivity index (χ1n) is 7.51. The fourth-order valence-corrected chi connectivity index (χ4v) is 4.36. The van der Waals surface area contributed by atoms with Crippen LogP contribution in [0.1, 0.15) is 17.7 Å². The predicted octanol–water partition coefficient (Wildman–Crippen LogP) is 2.35. The van der Waals surface area contributed by atoms with Gasteiger partial charge in [0.25, 0.3) is 0 Å². The second kappa shape index (κ2) is 5.26. The lowest BCUT2D eigenvalue weighted by Gasteiger charge is -2.38. The van der Waals surface area contributed by atoms with Gasteiger partial charge in [0.1, 0.15) is 5.82 Å². The Kier molecular flexibility index (Phi) is 3.25. The molecule has 0 aliphatic carbocycles. The van der Waals surface area contributed by atoms with Gasteiger partial charge in [-0.25, -0.2) is 9.97 Å². The van der Waals surface area contributed by atoms with E-state index in [-0.39, 0.29) is 0 Å². The molecule has 2 fully saturated rings. The van der Waals surface area contributed by atoms with Gasteiger partial charge in [0.2, 0.25) is 0 Å². The van der Waals surface area contributed by atoms with Crippen LogP contribution in [0, 0.1) is 12.8 Å². The van der Waals surface area contributed by atoms with Crippen molar-refractivity contribution in [2.45, 2.75) is 25.8 Å². The van der Waals surface area contributed by atoms with Crippen LogP contribution in [0.2, 0.25) is 0 Å². The molecular formula is C15H19N5S. The molecule has 0 spiro atoms. The molecular weight excluding hydrogens is 282 g/mol. The van der Waals surface area contributed by atoms with Crippen LogP contribution in [0.15, 0.2) is 24.8 Å². The summed E-state index contributed by atoms with van der Waals surface area (Å²) in [5.74, 6) is 1.79. The Hall–Kier alpha value is -1.69. The van der Waals surface area contributed by atoms with Gasteiger partial charge in [-0.15, -0.1) is 11.3 Å². The lowest BCUT2D eigenvalue weighted by molar-refractivity contribution is 0.389. The summed E-state index contributed by atoms with van der Waals surface area (Å²) >= 11 is 1.81. The highest BCUT2D eigenvalue weighted by molar-refractivity contribution is 7.15. The van der Waals surface area contributed by atoms with Crippen LogP contribution >= 0.6 is 11.3 Å². The van der Waals surface area contributed by atoms with Gasteiger partial charge in [-0.05, 0) is 25.7 Å². The van der Waals surface area contributed by atoms with Crippen molar-refractivity contribution < 1.29 is 0 Å². The maximum absolute atomic E-state index is 4.58. The van der Waals surface area contributed by atoms with E-state index in [1.165, 1.54) is 22.9 Å². The minimum Gasteiger partial charge on any atom is -0.353 e. The van der Waals surface area contributed by atoms with E-state index in [0.29, 0.717) is 6.04 Å². The van der Waals surface area contributed by atoms with Crippen LogP contribution < -0.4 is 9.80 Å². The van der Waals surface area contributed by atoms with Crippen molar-refractivity contribution in [1.29, 1.82) is 0 Å². The quantitative estimate of drug-likeness (QED) is 0.852. The second-order valence-corrected chi connectivity index (χ2v) is 7.07. The summed E-state index contributed by atoms with van der Waals surface area (Å²) in [5, 5.41) is 1.18. The number of hydrogen-bond acceptors (Lipinski definition) is 6. The molecule has 2 unspecified atom stereocenters. The zero-order valence-electron chi connectivity index (χ0n) is 12.1. The smallest absolute Gasteiger partial charge is 0.185 e. The molecule has 4 heterocycles. The highest BCUT2D eigenvalue weighted by Crippen LogP contribution is 2.37. The highest BCUT2D eigenvalue weighted by atomic mass is 32.1. The van der Waals surface area contributed by atoms with Crippen LogP contribution in [-0.2, 0) is 0 Å². The van der Waals surface area contributed by atoms with Gasteiger partial charge < -0.3 is 9.80 Å².